The minimum absolute atomic E-state index is 0.0755. The van der Waals surface area contributed by atoms with Crippen molar-refractivity contribution in [3.8, 4) is 11.3 Å². The lowest BCUT2D eigenvalue weighted by Gasteiger charge is -2.26. The monoisotopic (exact) mass is 425 g/mol. The van der Waals surface area contributed by atoms with Crippen LogP contribution >= 0.6 is 11.6 Å². The van der Waals surface area contributed by atoms with Crippen molar-refractivity contribution in [2.24, 2.45) is 0 Å². The first-order chi connectivity index (χ1) is 14.7. The third-order valence-corrected chi connectivity index (χ3v) is 5.34. The Morgan fingerprint density at radius 3 is 2.63 bits per heavy atom. The molecular weight excluding hydrogens is 402 g/mol. The van der Waals surface area contributed by atoms with E-state index in [9.17, 15) is 4.79 Å². The summed E-state index contributed by atoms with van der Waals surface area (Å²) in [5.74, 6) is 1.04. The first-order valence-corrected chi connectivity index (χ1v) is 10.4. The highest BCUT2D eigenvalue weighted by Crippen LogP contribution is 2.28. The van der Waals surface area contributed by atoms with Crippen LogP contribution in [-0.2, 0) is 22.5 Å². The van der Waals surface area contributed by atoms with Crippen LogP contribution in [0.4, 0.5) is 5.69 Å². The van der Waals surface area contributed by atoms with Crippen LogP contribution in [0.5, 0.6) is 0 Å². The Hall–Kier alpha value is -2.67. The van der Waals surface area contributed by atoms with Gasteiger partial charge in [0.15, 0.2) is 11.7 Å². The minimum Gasteiger partial charge on any atom is -0.441 e. The number of nitrogens with one attached hydrogen (secondary N) is 1. The summed E-state index contributed by atoms with van der Waals surface area (Å²) >= 11 is 6.19. The van der Waals surface area contributed by atoms with Gasteiger partial charge in [0.2, 0.25) is 5.91 Å². The second kappa shape index (κ2) is 9.89. The molecule has 0 saturated carbocycles. The molecule has 4 rings (SSSR count). The zero-order valence-electron chi connectivity index (χ0n) is 16.6. The van der Waals surface area contributed by atoms with Crippen molar-refractivity contribution in [2.45, 2.75) is 19.4 Å². The summed E-state index contributed by atoms with van der Waals surface area (Å²) in [7, 11) is 0. The molecule has 0 bridgehead atoms. The lowest BCUT2D eigenvalue weighted by Crippen LogP contribution is -2.35. The van der Waals surface area contributed by atoms with Gasteiger partial charge < -0.3 is 14.5 Å². The lowest BCUT2D eigenvalue weighted by atomic mass is 10.2. The van der Waals surface area contributed by atoms with Gasteiger partial charge in [-0.25, -0.2) is 4.98 Å². The van der Waals surface area contributed by atoms with Gasteiger partial charge in [0.1, 0.15) is 0 Å². The summed E-state index contributed by atoms with van der Waals surface area (Å²) < 4.78 is 11.1. The molecule has 7 heteroatoms. The number of ether oxygens (including phenoxy) is 1. The maximum Gasteiger partial charge on any atom is 0.224 e. The van der Waals surface area contributed by atoms with Gasteiger partial charge in [-0.15, -0.1) is 0 Å². The third kappa shape index (κ3) is 5.48. The number of amides is 1. The van der Waals surface area contributed by atoms with Crippen LogP contribution in [0.25, 0.3) is 11.3 Å². The Balaban J connectivity index is 1.26. The molecule has 1 aromatic heterocycles. The molecule has 156 valence electrons. The summed E-state index contributed by atoms with van der Waals surface area (Å²) in [6.45, 7) is 4.39. The largest absolute Gasteiger partial charge is 0.441 e. The maximum atomic E-state index is 12.3. The molecule has 1 N–H and O–H groups in total. The van der Waals surface area contributed by atoms with E-state index in [0.29, 0.717) is 23.1 Å². The Bertz CT molecular complexity index is 981. The molecule has 1 aliphatic rings. The highest BCUT2D eigenvalue weighted by molar-refractivity contribution is 6.33. The van der Waals surface area contributed by atoms with Crippen molar-refractivity contribution in [3.63, 3.8) is 0 Å². The molecule has 0 atom stereocenters. The standard InChI is InChI=1S/C23H24ClN3O3/c24-20-4-2-1-3-19(20)21-15-25-23(30-21)10-9-22(28)26-18-7-5-17(6-8-18)16-27-11-13-29-14-12-27/h1-8,15H,9-14,16H2,(H,26,28). The number of aryl methyl sites for hydroxylation is 1. The fraction of sp³-hybridized carbons (Fsp3) is 0.304. The van der Waals surface area contributed by atoms with E-state index in [1.807, 2.05) is 30.3 Å². The topological polar surface area (TPSA) is 67.6 Å². The van der Waals surface area contributed by atoms with Crippen molar-refractivity contribution in [2.75, 3.05) is 31.6 Å². The number of morpholine rings is 1. The normalized spacial score (nSPS) is 14.6. The highest BCUT2D eigenvalue weighted by atomic mass is 35.5. The summed E-state index contributed by atoms with van der Waals surface area (Å²) in [5, 5.41) is 3.53. The van der Waals surface area contributed by atoms with Crippen LogP contribution < -0.4 is 5.32 Å². The van der Waals surface area contributed by atoms with E-state index in [1.54, 1.807) is 12.3 Å². The fourth-order valence-corrected chi connectivity index (χ4v) is 3.60. The number of nitrogens with zero attached hydrogens (tertiary/aromatic N) is 2. The highest BCUT2D eigenvalue weighted by Gasteiger charge is 2.12. The zero-order valence-corrected chi connectivity index (χ0v) is 17.4. The van der Waals surface area contributed by atoms with Crippen molar-refractivity contribution < 1.29 is 13.9 Å². The molecule has 2 aromatic carbocycles. The van der Waals surface area contributed by atoms with Gasteiger partial charge >= 0.3 is 0 Å². The molecule has 1 amide bonds. The average molecular weight is 426 g/mol. The van der Waals surface area contributed by atoms with Crippen LogP contribution in [0.1, 0.15) is 17.9 Å². The molecule has 0 spiro atoms. The number of rotatable bonds is 7. The summed E-state index contributed by atoms with van der Waals surface area (Å²) in [4.78, 5) is 18.9. The average Bonchev–Trinajstić information content (AvgIpc) is 3.24. The second-order valence-corrected chi connectivity index (χ2v) is 7.64. The van der Waals surface area contributed by atoms with E-state index in [0.717, 1.165) is 44.1 Å². The van der Waals surface area contributed by atoms with Crippen LogP contribution in [0.2, 0.25) is 5.02 Å². The minimum atomic E-state index is -0.0755. The smallest absolute Gasteiger partial charge is 0.224 e. The first-order valence-electron chi connectivity index (χ1n) is 10.1. The first kappa shape index (κ1) is 20.6. The summed E-state index contributed by atoms with van der Waals surface area (Å²) in [6.07, 6.45) is 2.35. The second-order valence-electron chi connectivity index (χ2n) is 7.23. The lowest BCUT2D eigenvalue weighted by molar-refractivity contribution is -0.116. The van der Waals surface area contributed by atoms with E-state index in [-0.39, 0.29) is 12.3 Å². The predicted octanol–water partition coefficient (Wildman–Crippen LogP) is 4.40. The molecular formula is C23H24ClN3O3. The molecule has 1 saturated heterocycles. The maximum absolute atomic E-state index is 12.3. The number of carbonyl (C=O) groups is 1. The van der Waals surface area contributed by atoms with Gasteiger partial charge in [0.05, 0.1) is 24.4 Å². The quantitative estimate of drug-likeness (QED) is 0.607. The fourth-order valence-electron chi connectivity index (χ4n) is 3.37. The van der Waals surface area contributed by atoms with Gasteiger partial charge in [-0.05, 0) is 29.8 Å². The number of carbonyl (C=O) groups excluding carboxylic acids is 1. The number of anilines is 1. The van der Waals surface area contributed by atoms with Gasteiger partial charge in [0, 0.05) is 43.7 Å². The van der Waals surface area contributed by atoms with E-state index < -0.39 is 0 Å². The van der Waals surface area contributed by atoms with E-state index in [4.69, 9.17) is 20.8 Å². The number of halogens is 1. The molecule has 6 nitrogen and oxygen atoms in total. The van der Waals surface area contributed by atoms with Crippen molar-refractivity contribution in [1.29, 1.82) is 0 Å². The van der Waals surface area contributed by atoms with Crippen LogP contribution in [0.15, 0.2) is 59.1 Å². The van der Waals surface area contributed by atoms with Crippen molar-refractivity contribution in [3.05, 3.63) is 71.2 Å². The molecule has 1 aliphatic heterocycles. The Morgan fingerprint density at radius 1 is 1.10 bits per heavy atom. The van der Waals surface area contributed by atoms with Gasteiger partial charge in [-0.2, -0.15) is 0 Å². The van der Waals surface area contributed by atoms with Crippen molar-refractivity contribution in [1.82, 2.24) is 9.88 Å². The van der Waals surface area contributed by atoms with E-state index in [2.05, 4.69) is 27.3 Å². The number of aromatic nitrogens is 1. The Labute approximate surface area is 180 Å². The van der Waals surface area contributed by atoms with Crippen LogP contribution in [0.3, 0.4) is 0 Å². The molecule has 2 heterocycles. The van der Waals surface area contributed by atoms with Crippen molar-refractivity contribution >= 4 is 23.2 Å². The van der Waals surface area contributed by atoms with Gasteiger partial charge in [0.25, 0.3) is 0 Å². The Morgan fingerprint density at radius 2 is 1.87 bits per heavy atom. The molecule has 0 aliphatic carbocycles. The number of hydrogen-bond acceptors (Lipinski definition) is 5. The zero-order chi connectivity index (χ0) is 20.8. The predicted molar refractivity (Wildman–Crippen MR) is 116 cm³/mol. The molecule has 30 heavy (non-hydrogen) atoms. The number of benzene rings is 2. The molecule has 1 fully saturated rings. The van der Waals surface area contributed by atoms with Gasteiger partial charge in [-0.3, -0.25) is 9.69 Å². The van der Waals surface area contributed by atoms with Crippen LogP contribution in [-0.4, -0.2) is 42.1 Å². The Kier molecular flexibility index (Phi) is 6.79. The SMILES string of the molecule is O=C(CCc1ncc(-c2ccccc2Cl)o1)Nc1ccc(CN2CCOCC2)cc1. The summed E-state index contributed by atoms with van der Waals surface area (Å²) in [5.41, 5.74) is 2.80. The summed E-state index contributed by atoms with van der Waals surface area (Å²) in [6, 6.07) is 15.4. The number of oxazole rings is 1. The van der Waals surface area contributed by atoms with Gasteiger partial charge in [-0.1, -0.05) is 35.9 Å². The third-order valence-electron chi connectivity index (χ3n) is 5.01. The van der Waals surface area contributed by atoms with E-state index in [1.165, 1.54) is 5.56 Å². The number of hydrogen-bond donors (Lipinski definition) is 1. The molecule has 0 unspecified atom stereocenters. The van der Waals surface area contributed by atoms with Crippen LogP contribution in [0, 0.1) is 0 Å². The molecule has 3 aromatic rings. The van der Waals surface area contributed by atoms with E-state index >= 15 is 0 Å². The molecule has 0 radical (unpaired) electrons.